The number of nitrogens with one attached hydrogen (secondary N) is 1. The summed E-state index contributed by atoms with van der Waals surface area (Å²) in [6, 6.07) is 16.0. The lowest BCUT2D eigenvalue weighted by Crippen LogP contribution is -2.28. The molecule has 1 heterocycles. The number of aromatic nitrogens is 2. The fourth-order valence-corrected chi connectivity index (χ4v) is 2.76. The molecule has 1 N–H and O–H groups in total. The Balaban J connectivity index is 1.47. The van der Waals surface area contributed by atoms with Crippen LogP contribution < -0.4 is 10.1 Å². The Morgan fingerprint density at radius 2 is 1.73 bits per heavy atom. The maximum absolute atomic E-state index is 12.0. The van der Waals surface area contributed by atoms with Gasteiger partial charge in [0.05, 0.1) is 6.54 Å². The summed E-state index contributed by atoms with van der Waals surface area (Å²) in [5, 5.41) is 7.09. The zero-order valence-corrected chi connectivity index (χ0v) is 15.1. The first kappa shape index (κ1) is 17.7. The van der Waals surface area contributed by atoms with Crippen LogP contribution in [0.25, 0.3) is 0 Å². The fourth-order valence-electron chi connectivity index (χ4n) is 2.76. The van der Waals surface area contributed by atoms with Crippen LogP contribution in [0.2, 0.25) is 0 Å². The van der Waals surface area contributed by atoms with Crippen LogP contribution in [0.3, 0.4) is 0 Å². The topological polar surface area (TPSA) is 56.1 Å². The lowest BCUT2D eigenvalue weighted by Gasteiger charge is -2.12. The van der Waals surface area contributed by atoms with Crippen molar-refractivity contribution in [2.75, 3.05) is 6.61 Å². The molecule has 0 saturated carbocycles. The fraction of sp³-hybridized carbons (Fsp3) is 0.238. The highest BCUT2D eigenvalue weighted by atomic mass is 16.5. The van der Waals surface area contributed by atoms with Crippen LogP contribution in [0, 0.1) is 13.8 Å². The van der Waals surface area contributed by atoms with Gasteiger partial charge in [0.25, 0.3) is 5.91 Å². The molecule has 1 aromatic heterocycles. The van der Waals surface area contributed by atoms with Gasteiger partial charge in [-0.2, -0.15) is 5.10 Å². The predicted octanol–water partition coefficient (Wildman–Crippen LogP) is 3.24. The van der Waals surface area contributed by atoms with Crippen molar-refractivity contribution in [1.82, 2.24) is 15.1 Å². The van der Waals surface area contributed by atoms with Crippen LogP contribution in [-0.4, -0.2) is 22.3 Å². The lowest BCUT2D eigenvalue weighted by atomic mass is 10.1. The lowest BCUT2D eigenvalue weighted by molar-refractivity contribution is -0.123. The van der Waals surface area contributed by atoms with Crippen molar-refractivity contribution >= 4 is 5.91 Å². The van der Waals surface area contributed by atoms with Crippen molar-refractivity contribution in [3.8, 4) is 5.75 Å². The van der Waals surface area contributed by atoms with Gasteiger partial charge < -0.3 is 10.1 Å². The second-order valence-corrected chi connectivity index (χ2v) is 6.31. The number of nitrogens with zero attached hydrogens (tertiary/aromatic N) is 2. The standard InChI is InChI=1S/C21H23N3O2/c1-16-5-3-6-17(2)21(16)26-15-20(25)22-13-18-7-9-19(10-8-18)14-24-12-4-11-23-24/h3-12H,13-15H2,1-2H3,(H,22,25). The summed E-state index contributed by atoms with van der Waals surface area (Å²) in [6.45, 7) is 5.19. The van der Waals surface area contributed by atoms with Gasteiger partial charge in [0, 0.05) is 18.9 Å². The number of benzene rings is 2. The summed E-state index contributed by atoms with van der Waals surface area (Å²) < 4.78 is 7.55. The molecule has 0 fully saturated rings. The second-order valence-electron chi connectivity index (χ2n) is 6.31. The van der Waals surface area contributed by atoms with E-state index in [1.54, 1.807) is 6.20 Å². The molecule has 134 valence electrons. The Morgan fingerprint density at radius 3 is 2.38 bits per heavy atom. The van der Waals surface area contributed by atoms with Gasteiger partial charge in [0.1, 0.15) is 5.75 Å². The third-order valence-electron chi connectivity index (χ3n) is 4.17. The van der Waals surface area contributed by atoms with Crippen LogP contribution in [0.4, 0.5) is 0 Å². The van der Waals surface area contributed by atoms with E-state index in [2.05, 4.69) is 22.5 Å². The van der Waals surface area contributed by atoms with Crippen molar-refractivity contribution in [1.29, 1.82) is 0 Å². The van der Waals surface area contributed by atoms with Gasteiger partial charge >= 0.3 is 0 Å². The monoisotopic (exact) mass is 349 g/mol. The quantitative estimate of drug-likeness (QED) is 0.712. The summed E-state index contributed by atoms with van der Waals surface area (Å²) >= 11 is 0. The van der Waals surface area contributed by atoms with Crippen molar-refractivity contribution in [3.63, 3.8) is 0 Å². The Bertz CT molecular complexity index is 835. The van der Waals surface area contributed by atoms with E-state index in [0.29, 0.717) is 6.54 Å². The first-order valence-electron chi connectivity index (χ1n) is 8.63. The van der Waals surface area contributed by atoms with Gasteiger partial charge in [-0.05, 0) is 42.2 Å². The second kappa shape index (κ2) is 8.34. The molecule has 0 saturated heterocycles. The zero-order valence-electron chi connectivity index (χ0n) is 15.1. The number of carbonyl (C=O) groups excluding carboxylic acids is 1. The van der Waals surface area contributed by atoms with Crippen molar-refractivity contribution < 1.29 is 9.53 Å². The molecular formula is C21H23N3O2. The molecule has 0 unspecified atom stereocenters. The van der Waals surface area contributed by atoms with E-state index < -0.39 is 0 Å². The third-order valence-corrected chi connectivity index (χ3v) is 4.17. The molecule has 0 atom stereocenters. The highest BCUT2D eigenvalue weighted by Gasteiger charge is 2.07. The number of ether oxygens (including phenoxy) is 1. The van der Waals surface area contributed by atoms with Gasteiger partial charge in [-0.3, -0.25) is 9.48 Å². The Hall–Kier alpha value is -3.08. The van der Waals surface area contributed by atoms with Gasteiger partial charge in [-0.1, -0.05) is 42.5 Å². The smallest absolute Gasteiger partial charge is 0.258 e. The van der Waals surface area contributed by atoms with Crippen LogP contribution >= 0.6 is 0 Å². The summed E-state index contributed by atoms with van der Waals surface area (Å²) in [7, 11) is 0. The largest absolute Gasteiger partial charge is 0.483 e. The van der Waals surface area contributed by atoms with E-state index in [4.69, 9.17) is 4.74 Å². The molecule has 2 aromatic carbocycles. The molecule has 5 heteroatoms. The first-order chi connectivity index (χ1) is 12.6. The molecule has 0 bridgehead atoms. The maximum Gasteiger partial charge on any atom is 0.258 e. The maximum atomic E-state index is 12.0. The van der Waals surface area contributed by atoms with E-state index in [9.17, 15) is 4.79 Å². The summed E-state index contributed by atoms with van der Waals surface area (Å²) in [5.74, 6) is 0.652. The number of hydrogen-bond acceptors (Lipinski definition) is 3. The Kier molecular flexibility index (Phi) is 5.69. The van der Waals surface area contributed by atoms with Crippen LogP contribution in [-0.2, 0) is 17.9 Å². The average Bonchev–Trinajstić information content (AvgIpc) is 3.14. The number of hydrogen-bond donors (Lipinski definition) is 1. The molecule has 0 aliphatic rings. The summed E-state index contributed by atoms with van der Waals surface area (Å²) in [6.07, 6.45) is 3.70. The van der Waals surface area contributed by atoms with Gasteiger partial charge in [0.15, 0.2) is 6.61 Å². The Labute approximate surface area is 153 Å². The zero-order chi connectivity index (χ0) is 18.4. The predicted molar refractivity (Wildman–Crippen MR) is 101 cm³/mol. The normalized spacial score (nSPS) is 10.5. The highest BCUT2D eigenvalue weighted by molar-refractivity contribution is 5.77. The van der Waals surface area contributed by atoms with Gasteiger partial charge in [-0.25, -0.2) is 0 Å². The number of carbonyl (C=O) groups is 1. The number of rotatable bonds is 7. The van der Waals surface area contributed by atoms with Crippen LogP contribution in [0.15, 0.2) is 60.9 Å². The molecule has 5 nitrogen and oxygen atoms in total. The number of para-hydroxylation sites is 1. The van der Waals surface area contributed by atoms with E-state index >= 15 is 0 Å². The van der Waals surface area contributed by atoms with Gasteiger partial charge in [-0.15, -0.1) is 0 Å². The minimum absolute atomic E-state index is 0.0169. The number of aryl methyl sites for hydroxylation is 2. The molecule has 3 rings (SSSR count). The van der Waals surface area contributed by atoms with Gasteiger partial charge in [0.2, 0.25) is 0 Å². The summed E-state index contributed by atoms with van der Waals surface area (Å²) in [4.78, 5) is 12.0. The van der Waals surface area contributed by atoms with E-state index in [-0.39, 0.29) is 12.5 Å². The number of amides is 1. The van der Waals surface area contributed by atoms with Crippen LogP contribution in [0.5, 0.6) is 5.75 Å². The SMILES string of the molecule is Cc1cccc(C)c1OCC(=O)NCc1ccc(Cn2cccn2)cc1. The van der Waals surface area contributed by atoms with E-state index in [1.165, 1.54) is 5.56 Å². The minimum Gasteiger partial charge on any atom is -0.483 e. The molecule has 0 spiro atoms. The van der Waals surface area contributed by atoms with E-state index in [1.807, 2.05) is 61.1 Å². The summed E-state index contributed by atoms with van der Waals surface area (Å²) in [5.41, 5.74) is 4.29. The van der Waals surface area contributed by atoms with Crippen molar-refractivity contribution in [2.45, 2.75) is 26.9 Å². The Morgan fingerprint density at radius 1 is 1.04 bits per heavy atom. The van der Waals surface area contributed by atoms with Crippen LogP contribution in [0.1, 0.15) is 22.3 Å². The molecule has 0 aliphatic heterocycles. The average molecular weight is 349 g/mol. The minimum atomic E-state index is -0.131. The molecule has 1 amide bonds. The molecule has 0 aliphatic carbocycles. The van der Waals surface area contributed by atoms with Crippen molar-refractivity contribution in [3.05, 3.63) is 83.2 Å². The third kappa shape index (κ3) is 4.72. The molecule has 3 aromatic rings. The van der Waals surface area contributed by atoms with Crippen molar-refractivity contribution in [2.24, 2.45) is 0 Å². The first-order valence-corrected chi connectivity index (χ1v) is 8.63. The highest BCUT2D eigenvalue weighted by Crippen LogP contribution is 2.22. The molecule has 26 heavy (non-hydrogen) atoms. The molecular weight excluding hydrogens is 326 g/mol. The molecule has 0 radical (unpaired) electrons. The van der Waals surface area contributed by atoms with E-state index in [0.717, 1.165) is 29.0 Å².